The number of anilines is 1. The van der Waals surface area contributed by atoms with E-state index in [4.69, 9.17) is 5.73 Å². The summed E-state index contributed by atoms with van der Waals surface area (Å²) in [6, 6.07) is 3.29. The Bertz CT molecular complexity index is 604. The third kappa shape index (κ3) is 3.41. The lowest BCUT2D eigenvalue weighted by Gasteiger charge is -2.23. The molecule has 7 nitrogen and oxygen atoms in total. The van der Waals surface area contributed by atoms with Crippen LogP contribution in [0.5, 0.6) is 0 Å². The van der Waals surface area contributed by atoms with Gasteiger partial charge in [0.1, 0.15) is 5.69 Å². The van der Waals surface area contributed by atoms with Gasteiger partial charge < -0.3 is 5.73 Å². The molecule has 1 unspecified atom stereocenters. The molecule has 0 aromatic heterocycles. The van der Waals surface area contributed by atoms with E-state index in [0.717, 1.165) is 6.07 Å². The quantitative estimate of drug-likeness (QED) is 0.484. The lowest BCUT2D eigenvalue weighted by Crippen LogP contribution is -2.36. The molecule has 2 N–H and O–H groups in total. The molecule has 1 atom stereocenters. The van der Waals surface area contributed by atoms with Gasteiger partial charge in [0, 0.05) is 24.9 Å². The summed E-state index contributed by atoms with van der Waals surface area (Å²) in [6.07, 6.45) is 1.88. The molecule has 0 saturated carbocycles. The normalized spacial score (nSPS) is 13.4. The van der Waals surface area contributed by atoms with E-state index in [-0.39, 0.29) is 16.6 Å². The largest absolute Gasteiger partial charge is 0.393 e. The molecule has 0 aliphatic carbocycles. The van der Waals surface area contributed by atoms with Gasteiger partial charge in [-0.1, -0.05) is 0 Å². The lowest BCUT2D eigenvalue weighted by molar-refractivity contribution is -0.384. The zero-order valence-corrected chi connectivity index (χ0v) is 13.1. The van der Waals surface area contributed by atoms with Gasteiger partial charge in [-0.3, -0.25) is 10.1 Å². The van der Waals surface area contributed by atoms with Gasteiger partial charge in [-0.25, -0.2) is 8.42 Å². The third-order valence-electron chi connectivity index (χ3n) is 2.90. The van der Waals surface area contributed by atoms with Crippen LogP contribution in [0.3, 0.4) is 0 Å². The maximum absolute atomic E-state index is 12.4. The SMILES string of the molecule is CSCC(C)N(C)S(=O)(=O)c1ccc(N)c([N+](=O)[O-])c1. The molecule has 0 spiro atoms. The van der Waals surface area contributed by atoms with Crippen molar-refractivity contribution in [1.29, 1.82) is 0 Å². The van der Waals surface area contributed by atoms with Gasteiger partial charge in [-0.15, -0.1) is 0 Å². The molecule has 0 radical (unpaired) electrons. The van der Waals surface area contributed by atoms with E-state index in [2.05, 4.69) is 0 Å². The zero-order valence-electron chi connectivity index (χ0n) is 11.4. The lowest BCUT2D eigenvalue weighted by atomic mass is 10.3. The van der Waals surface area contributed by atoms with Crippen molar-refractivity contribution in [1.82, 2.24) is 4.31 Å². The van der Waals surface area contributed by atoms with E-state index in [1.165, 1.54) is 35.2 Å². The van der Waals surface area contributed by atoms with Crippen molar-refractivity contribution < 1.29 is 13.3 Å². The van der Waals surface area contributed by atoms with Gasteiger partial charge in [0.05, 0.1) is 9.82 Å². The van der Waals surface area contributed by atoms with Crippen LogP contribution in [0.1, 0.15) is 6.92 Å². The first-order chi connectivity index (χ1) is 9.21. The van der Waals surface area contributed by atoms with Gasteiger partial charge in [0.15, 0.2) is 0 Å². The molecule has 1 aromatic rings. The van der Waals surface area contributed by atoms with Crippen LogP contribution in [0, 0.1) is 10.1 Å². The summed E-state index contributed by atoms with van der Waals surface area (Å²) in [5.41, 5.74) is 5.00. The number of hydrogen-bond donors (Lipinski definition) is 1. The summed E-state index contributed by atoms with van der Waals surface area (Å²) in [4.78, 5) is 10.00. The highest BCUT2D eigenvalue weighted by molar-refractivity contribution is 7.98. The molecule has 0 heterocycles. The van der Waals surface area contributed by atoms with Gasteiger partial charge in [-0.05, 0) is 25.3 Å². The van der Waals surface area contributed by atoms with Crippen molar-refractivity contribution in [2.75, 3.05) is 24.8 Å². The maximum atomic E-state index is 12.4. The molecule has 0 aliphatic rings. The van der Waals surface area contributed by atoms with E-state index >= 15 is 0 Å². The fourth-order valence-corrected chi connectivity index (χ4v) is 3.77. The molecule has 0 bridgehead atoms. The molecule has 20 heavy (non-hydrogen) atoms. The van der Waals surface area contributed by atoms with E-state index < -0.39 is 20.6 Å². The van der Waals surface area contributed by atoms with Crippen molar-refractivity contribution in [3.63, 3.8) is 0 Å². The van der Waals surface area contributed by atoms with Crippen LogP contribution >= 0.6 is 11.8 Å². The molecule has 1 aromatic carbocycles. The number of nitro benzene ring substituents is 1. The number of nitrogens with two attached hydrogens (primary N) is 1. The molecular weight excluding hydrogens is 302 g/mol. The average Bonchev–Trinajstić information content (AvgIpc) is 2.37. The highest BCUT2D eigenvalue weighted by Gasteiger charge is 2.27. The third-order valence-corrected chi connectivity index (χ3v) is 5.69. The van der Waals surface area contributed by atoms with Crippen LogP contribution in [0.2, 0.25) is 0 Å². The molecular formula is C11H17N3O4S2. The van der Waals surface area contributed by atoms with Crippen molar-refractivity contribution in [2.24, 2.45) is 0 Å². The van der Waals surface area contributed by atoms with Crippen molar-refractivity contribution in [3.8, 4) is 0 Å². The Morgan fingerprint density at radius 3 is 2.60 bits per heavy atom. The highest BCUT2D eigenvalue weighted by Crippen LogP contribution is 2.27. The summed E-state index contributed by atoms with van der Waals surface area (Å²) in [5.74, 6) is 0.632. The first-order valence-electron chi connectivity index (χ1n) is 5.72. The average molecular weight is 319 g/mol. The Balaban J connectivity index is 3.22. The summed E-state index contributed by atoms with van der Waals surface area (Å²) in [7, 11) is -2.32. The van der Waals surface area contributed by atoms with Crippen LogP contribution in [0.15, 0.2) is 23.1 Å². The first-order valence-corrected chi connectivity index (χ1v) is 8.56. The van der Waals surface area contributed by atoms with Crippen molar-refractivity contribution in [3.05, 3.63) is 28.3 Å². The molecule has 9 heteroatoms. The standard InChI is InChI=1S/C11H17N3O4S2/c1-8(7-19-3)13(2)20(17,18)9-4-5-10(12)11(6-9)14(15)16/h4-6,8H,7,12H2,1-3H3. The summed E-state index contributed by atoms with van der Waals surface area (Å²) in [5, 5.41) is 10.8. The fraction of sp³-hybridized carbons (Fsp3) is 0.455. The second-order valence-electron chi connectivity index (χ2n) is 4.30. The molecule has 0 fully saturated rings. The Kier molecular flexibility index (Phi) is 5.37. The minimum Gasteiger partial charge on any atom is -0.393 e. The monoisotopic (exact) mass is 319 g/mol. The van der Waals surface area contributed by atoms with E-state index in [0.29, 0.717) is 5.75 Å². The predicted molar refractivity (Wildman–Crippen MR) is 80.3 cm³/mol. The van der Waals surface area contributed by atoms with Crippen molar-refractivity contribution >= 4 is 33.2 Å². The van der Waals surface area contributed by atoms with Gasteiger partial charge in [0.2, 0.25) is 10.0 Å². The van der Waals surface area contributed by atoms with Gasteiger partial charge >= 0.3 is 0 Å². The number of hydrogen-bond acceptors (Lipinski definition) is 6. The van der Waals surface area contributed by atoms with E-state index in [1.807, 2.05) is 6.26 Å². The second-order valence-corrected chi connectivity index (χ2v) is 7.21. The number of nitrogen functional groups attached to an aromatic ring is 1. The van der Waals surface area contributed by atoms with Crippen LogP contribution in [-0.2, 0) is 10.0 Å². The number of sulfonamides is 1. The Hall–Kier alpha value is -1.32. The zero-order chi connectivity index (χ0) is 15.5. The molecule has 112 valence electrons. The van der Waals surface area contributed by atoms with Crippen LogP contribution in [0.4, 0.5) is 11.4 Å². The number of rotatable bonds is 6. The highest BCUT2D eigenvalue weighted by atomic mass is 32.2. The summed E-state index contributed by atoms with van der Waals surface area (Å²) >= 11 is 1.53. The number of benzene rings is 1. The molecule has 0 amide bonds. The number of thioether (sulfide) groups is 1. The topological polar surface area (TPSA) is 107 Å². The first kappa shape index (κ1) is 16.7. The molecule has 0 aliphatic heterocycles. The van der Waals surface area contributed by atoms with Crippen LogP contribution in [0.25, 0.3) is 0 Å². The molecule has 1 rings (SSSR count). The molecule has 0 saturated heterocycles. The van der Waals surface area contributed by atoms with E-state index in [1.54, 1.807) is 6.92 Å². The Labute approximate surface area is 122 Å². The minimum atomic E-state index is -3.77. The smallest absolute Gasteiger partial charge is 0.293 e. The number of nitro groups is 1. The van der Waals surface area contributed by atoms with Crippen LogP contribution < -0.4 is 5.73 Å². The Morgan fingerprint density at radius 1 is 1.50 bits per heavy atom. The Morgan fingerprint density at radius 2 is 2.10 bits per heavy atom. The van der Waals surface area contributed by atoms with Gasteiger partial charge in [0.25, 0.3) is 5.69 Å². The maximum Gasteiger partial charge on any atom is 0.293 e. The minimum absolute atomic E-state index is 0.0613. The van der Waals surface area contributed by atoms with Crippen LogP contribution in [-0.4, -0.2) is 42.7 Å². The number of nitrogens with zero attached hydrogens (tertiary/aromatic N) is 2. The summed E-state index contributed by atoms with van der Waals surface area (Å²) < 4.78 is 26.0. The predicted octanol–water partition coefficient (Wildman–Crippen LogP) is 1.55. The second kappa shape index (κ2) is 6.42. The fourth-order valence-electron chi connectivity index (χ4n) is 1.59. The van der Waals surface area contributed by atoms with E-state index in [9.17, 15) is 18.5 Å². The van der Waals surface area contributed by atoms with Crippen molar-refractivity contribution in [2.45, 2.75) is 17.9 Å². The summed E-state index contributed by atoms with van der Waals surface area (Å²) in [6.45, 7) is 1.78. The van der Waals surface area contributed by atoms with Gasteiger partial charge in [-0.2, -0.15) is 16.1 Å².